The third kappa shape index (κ3) is 1.96. The molecule has 4 heteroatoms. The lowest BCUT2D eigenvalue weighted by Gasteiger charge is -2.09. The van der Waals surface area contributed by atoms with E-state index >= 15 is 0 Å². The van der Waals surface area contributed by atoms with Crippen molar-refractivity contribution in [3.63, 3.8) is 0 Å². The molecule has 14 heavy (non-hydrogen) atoms. The highest BCUT2D eigenvalue weighted by Crippen LogP contribution is 2.32. The third-order valence-corrected chi connectivity index (χ3v) is 2.03. The van der Waals surface area contributed by atoms with Crippen LogP contribution in [0.2, 0.25) is 0 Å². The van der Waals surface area contributed by atoms with Crippen LogP contribution < -0.4 is 4.74 Å². The zero-order valence-corrected chi connectivity index (χ0v) is 8.07. The van der Waals surface area contributed by atoms with Crippen LogP contribution >= 0.6 is 0 Å². The van der Waals surface area contributed by atoms with Gasteiger partial charge in [-0.05, 0) is 18.6 Å². The van der Waals surface area contributed by atoms with E-state index in [1.807, 2.05) is 0 Å². The van der Waals surface area contributed by atoms with Gasteiger partial charge in [0, 0.05) is 5.56 Å². The molecule has 0 amide bonds. The number of phenolic OH excluding ortho intramolecular Hbond substituents is 1. The molecule has 0 aliphatic rings. The first-order chi connectivity index (χ1) is 6.56. The Kier molecular flexibility index (Phi) is 2.96. The highest BCUT2D eigenvalue weighted by Gasteiger charge is 2.13. The maximum atomic E-state index is 10.5. The predicted octanol–water partition coefficient (Wildman–Crippen LogP) is 1.34. The molecule has 0 spiro atoms. The Bertz CT molecular complexity index is 357. The van der Waals surface area contributed by atoms with Crippen LogP contribution in [-0.2, 0) is 11.2 Å². The number of hydrogen-bond acceptors (Lipinski definition) is 3. The van der Waals surface area contributed by atoms with Crippen molar-refractivity contribution in [2.45, 2.75) is 13.3 Å². The fraction of sp³-hybridized carbons (Fsp3) is 0.300. The number of carbonyl (C=O) groups is 1. The number of ether oxygens (including phenoxy) is 1. The largest absolute Gasteiger partial charge is 0.504 e. The van der Waals surface area contributed by atoms with Gasteiger partial charge in [0.05, 0.1) is 13.5 Å². The summed E-state index contributed by atoms with van der Waals surface area (Å²) in [5.41, 5.74) is 1.14. The second-order valence-electron chi connectivity index (χ2n) is 2.98. The summed E-state index contributed by atoms with van der Waals surface area (Å²) in [5, 5.41) is 18.3. The van der Waals surface area contributed by atoms with E-state index in [0.717, 1.165) is 5.56 Å². The molecular formula is C10H12O4. The summed E-state index contributed by atoms with van der Waals surface area (Å²) in [6.45, 7) is 1.75. The molecule has 2 N–H and O–H groups in total. The van der Waals surface area contributed by atoms with E-state index in [-0.39, 0.29) is 12.2 Å². The number of aromatic hydroxyl groups is 1. The van der Waals surface area contributed by atoms with Crippen molar-refractivity contribution < 1.29 is 19.7 Å². The van der Waals surface area contributed by atoms with Crippen molar-refractivity contribution in [1.82, 2.24) is 0 Å². The van der Waals surface area contributed by atoms with E-state index in [0.29, 0.717) is 11.3 Å². The summed E-state index contributed by atoms with van der Waals surface area (Å²) in [7, 11) is 1.43. The molecule has 0 heterocycles. The fourth-order valence-electron chi connectivity index (χ4n) is 1.25. The van der Waals surface area contributed by atoms with E-state index in [9.17, 15) is 9.90 Å². The molecule has 4 nitrogen and oxygen atoms in total. The molecule has 0 saturated carbocycles. The van der Waals surface area contributed by atoms with Crippen LogP contribution in [0.5, 0.6) is 11.5 Å². The topological polar surface area (TPSA) is 66.8 Å². The summed E-state index contributed by atoms with van der Waals surface area (Å²) in [6, 6.07) is 3.33. The van der Waals surface area contributed by atoms with Crippen LogP contribution in [0.25, 0.3) is 0 Å². The molecule has 0 saturated heterocycles. The maximum absolute atomic E-state index is 10.5. The average molecular weight is 196 g/mol. The van der Waals surface area contributed by atoms with Crippen LogP contribution in [0, 0.1) is 6.92 Å². The van der Waals surface area contributed by atoms with E-state index in [1.54, 1.807) is 19.1 Å². The van der Waals surface area contributed by atoms with Crippen molar-refractivity contribution in [2.75, 3.05) is 7.11 Å². The van der Waals surface area contributed by atoms with Crippen LogP contribution in [0.4, 0.5) is 0 Å². The first-order valence-electron chi connectivity index (χ1n) is 4.13. The van der Waals surface area contributed by atoms with Gasteiger partial charge < -0.3 is 14.9 Å². The average Bonchev–Trinajstić information content (AvgIpc) is 2.12. The molecule has 0 bridgehead atoms. The summed E-state index contributed by atoms with van der Waals surface area (Å²) < 4.78 is 4.88. The van der Waals surface area contributed by atoms with Crippen molar-refractivity contribution in [3.05, 3.63) is 23.3 Å². The van der Waals surface area contributed by atoms with Gasteiger partial charge in [-0.2, -0.15) is 0 Å². The number of aliphatic carboxylic acids is 1. The summed E-state index contributed by atoms with van der Waals surface area (Å²) in [4.78, 5) is 10.5. The molecule has 0 radical (unpaired) electrons. The molecule has 0 atom stereocenters. The van der Waals surface area contributed by atoms with Gasteiger partial charge in [0.2, 0.25) is 0 Å². The van der Waals surface area contributed by atoms with Gasteiger partial charge in [0.1, 0.15) is 0 Å². The lowest BCUT2D eigenvalue weighted by Crippen LogP contribution is -2.03. The Morgan fingerprint density at radius 3 is 2.64 bits per heavy atom. The molecule has 76 valence electrons. The second-order valence-corrected chi connectivity index (χ2v) is 2.98. The van der Waals surface area contributed by atoms with Gasteiger partial charge >= 0.3 is 5.97 Å². The predicted molar refractivity (Wildman–Crippen MR) is 50.7 cm³/mol. The number of hydrogen-bond donors (Lipinski definition) is 2. The molecular weight excluding hydrogens is 184 g/mol. The van der Waals surface area contributed by atoms with Gasteiger partial charge in [-0.25, -0.2) is 0 Å². The number of carboxylic acids is 1. The smallest absolute Gasteiger partial charge is 0.307 e. The molecule has 0 aromatic heterocycles. The van der Waals surface area contributed by atoms with Crippen molar-refractivity contribution >= 4 is 5.97 Å². The summed E-state index contributed by atoms with van der Waals surface area (Å²) in [6.07, 6.45) is -0.200. The summed E-state index contributed by atoms with van der Waals surface area (Å²) in [5.74, 6) is -0.765. The van der Waals surface area contributed by atoms with Crippen molar-refractivity contribution in [3.8, 4) is 11.5 Å². The zero-order chi connectivity index (χ0) is 10.7. The molecule has 0 fully saturated rings. The van der Waals surface area contributed by atoms with E-state index in [4.69, 9.17) is 9.84 Å². The molecule has 1 aromatic rings. The molecule has 1 rings (SSSR count). The van der Waals surface area contributed by atoms with Crippen molar-refractivity contribution in [1.29, 1.82) is 0 Å². The zero-order valence-electron chi connectivity index (χ0n) is 8.07. The van der Waals surface area contributed by atoms with Gasteiger partial charge in [-0.1, -0.05) is 6.07 Å². The maximum Gasteiger partial charge on any atom is 0.307 e. The first kappa shape index (κ1) is 10.4. The normalized spacial score (nSPS) is 9.86. The monoisotopic (exact) mass is 196 g/mol. The lowest BCUT2D eigenvalue weighted by atomic mass is 10.0. The minimum absolute atomic E-state index is 0.0881. The highest BCUT2D eigenvalue weighted by molar-refractivity contribution is 5.72. The minimum Gasteiger partial charge on any atom is -0.504 e. The third-order valence-electron chi connectivity index (χ3n) is 2.03. The van der Waals surface area contributed by atoms with E-state index in [2.05, 4.69) is 0 Å². The molecule has 0 aliphatic carbocycles. The van der Waals surface area contributed by atoms with Gasteiger partial charge in [0.25, 0.3) is 0 Å². The number of aryl methyl sites for hydroxylation is 1. The van der Waals surface area contributed by atoms with Crippen LogP contribution in [0.15, 0.2) is 12.1 Å². The Labute approximate surface area is 81.8 Å². The fourth-order valence-corrected chi connectivity index (χ4v) is 1.25. The first-order valence-corrected chi connectivity index (χ1v) is 4.13. The van der Waals surface area contributed by atoms with Crippen LogP contribution in [0.3, 0.4) is 0 Å². The number of benzene rings is 1. The lowest BCUT2D eigenvalue weighted by molar-refractivity contribution is -0.136. The van der Waals surface area contributed by atoms with Gasteiger partial charge in [-0.15, -0.1) is 0 Å². The number of phenols is 1. The molecule has 1 aromatic carbocycles. The Morgan fingerprint density at radius 1 is 1.50 bits per heavy atom. The number of rotatable bonds is 3. The van der Waals surface area contributed by atoms with Gasteiger partial charge in [-0.3, -0.25) is 4.79 Å². The number of methoxy groups -OCH3 is 1. The SMILES string of the molecule is COc1ccc(C)c(CC(=O)O)c1O. The standard InChI is InChI=1S/C10H12O4/c1-6-3-4-8(14-2)10(13)7(6)5-9(11)12/h3-4,13H,5H2,1-2H3,(H,11,12). The minimum atomic E-state index is -0.975. The second kappa shape index (κ2) is 4.00. The summed E-state index contributed by atoms with van der Waals surface area (Å²) >= 11 is 0. The highest BCUT2D eigenvalue weighted by atomic mass is 16.5. The Balaban J connectivity index is 3.18. The van der Waals surface area contributed by atoms with E-state index in [1.165, 1.54) is 7.11 Å². The molecule has 0 unspecified atom stereocenters. The molecule has 0 aliphatic heterocycles. The van der Waals surface area contributed by atoms with Crippen LogP contribution in [-0.4, -0.2) is 23.3 Å². The van der Waals surface area contributed by atoms with Gasteiger partial charge in [0.15, 0.2) is 11.5 Å². The van der Waals surface area contributed by atoms with Crippen molar-refractivity contribution in [2.24, 2.45) is 0 Å². The Hall–Kier alpha value is -1.71. The Morgan fingerprint density at radius 2 is 2.14 bits per heavy atom. The van der Waals surface area contributed by atoms with Crippen LogP contribution in [0.1, 0.15) is 11.1 Å². The van der Waals surface area contributed by atoms with E-state index < -0.39 is 5.97 Å². The number of carboxylic acid groups (broad SMARTS) is 1. The quantitative estimate of drug-likeness (QED) is 0.765.